The third-order valence-corrected chi connectivity index (χ3v) is 5.59. The number of nitrogens with zero attached hydrogens (tertiary/aromatic N) is 2. The van der Waals surface area contributed by atoms with Gasteiger partial charge < -0.3 is 43.4 Å². The van der Waals surface area contributed by atoms with E-state index in [1.165, 1.54) is 0 Å². The van der Waals surface area contributed by atoms with Crippen LogP contribution in [0.5, 0.6) is 11.5 Å². The molecule has 2 heterocycles. The van der Waals surface area contributed by atoms with Crippen LogP contribution in [-0.2, 0) is 13.1 Å². The molecule has 0 atom stereocenters. The van der Waals surface area contributed by atoms with Crippen LogP contribution in [0.25, 0.3) is 11.1 Å². The monoisotopic (exact) mass is 612 g/mol. The number of hydrogen-bond donors (Lipinski definition) is 0. The molecule has 2 aromatic heterocycles. The highest BCUT2D eigenvalue weighted by Crippen LogP contribution is 2.16. The van der Waals surface area contributed by atoms with Gasteiger partial charge in [-0.15, -0.1) is 0 Å². The molecule has 0 radical (unpaired) electrons. The van der Waals surface area contributed by atoms with Crippen molar-refractivity contribution in [1.29, 1.82) is 0 Å². The van der Waals surface area contributed by atoms with Crippen LogP contribution in [0.4, 0.5) is 0 Å². The number of carbonyl (C=O) groups is 2. The highest BCUT2D eigenvalue weighted by molar-refractivity contribution is 5.95. The molecule has 6 nitrogen and oxygen atoms in total. The zero-order valence-corrected chi connectivity index (χ0v) is 23.1. The third kappa shape index (κ3) is 7.32. The molecule has 0 fully saturated rings. The smallest absolute Gasteiger partial charge is 0.227 e. The number of pyridine rings is 2. The topological polar surface area (TPSA) is 60.4 Å². The molecular weight excluding hydrogens is 588 g/mol. The third-order valence-electron chi connectivity index (χ3n) is 5.59. The fourth-order valence-corrected chi connectivity index (χ4v) is 3.58. The Morgan fingerprint density at radius 2 is 0.861 bits per heavy atom. The van der Waals surface area contributed by atoms with Gasteiger partial charge in [0.15, 0.2) is 24.8 Å². The van der Waals surface area contributed by atoms with Gasteiger partial charge in [0.25, 0.3) is 0 Å². The van der Waals surface area contributed by atoms with Crippen molar-refractivity contribution in [2.24, 2.45) is 0 Å². The van der Waals surface area contributed by atoms with Crippen LogP contribution in [0.3, 0.4) is 0 Å². The quantitative estimate of drug-likeness (QED) is 0.158. The minimum Gasteiger partial charge on any atom is -1.00 e. The van der Waals surface area contributed by atoms with Crippen LogP contribution in [0, 0.1) is 0 Å². The normalized spacial score (nSPS) is 9.94. The average molecular weight is 614 g/mol. The van der Waals surface area contributed by atoms with E-state index in [0.29, 0.717) is 11.1 Å². The van der Waals surface area contributed by atoms with E-state index in [2.05, 4.69) is 0 Å². The van der Waals surface area contributed by atoms with Gasteiger partial charge >= 0.3 is 0 Å². The fraction of sp³-hybridized carbons (Fsp3) is 0.143. The molecule has 0 aliphatic heterocycles. The molecule has 0 unspecified atom stereocenters. The number of aromatic nitrogens is 2. The van der Waals surface area contributed by atoms with Crippen molar-refractivity contribution in [2.75, 3.05) is 14.2 Å². The molecule has 0 aliphatic carbocycles. The molecule has 0 aliphatic rings. The first-order chi connectivity index (χ1) is 16.6. The zero-order valence-electron chi connectivity index (χ0n) is 19.9. The summed E-state index contributed by atoms with van der Waals surface area (Å²) in [7, 11) is 3.20. The van der Waals surface area contributed by atoms with E-state index >= 15 is 0 Å². The Balaban J connectivity index is 0.00000228. The fourth-order valence-electron chi connectivity index (χ4n) is 3.58. The lowest BCUT2D eigenvalue weighted by Gasteiger charge is -2.03. The summed E-state index contributed by atoms with van der Waals surface area (Å²) in [6, 6.07) is 22.1. The molecule has 4 rings (SSSR count). The van der Waals surface area contributed by atoms with E-state index < -0.39 is 0 Å². The molecule has 0 N–H and O–H groups in total. The molecule has 0 bridgehead atoms. The highest BCUT2D eigenvalue weighted by Gasteiger charge is 2.14. The van der Waals surface area contributed by atoms with Crippen LogP contribution in [0.15, 0.2) is 97.6 Å². The van der Waals surface area contributed by atoms with Crippen LogP contribution >= 0.6 is 0 Å². The highest BCUT2D eigenvalue weighted by atomic mass is 79.9. The maximum absolute atomic E-state index is 12.5. The van der Waals surface area contributed by atoms with E-state index in [0.717, 1.165) is 22.6 Å². The zero-order chi connectivity index (χ0) is 23.9. The van der Waals surface area contributed by atoms with Crippen LogP contribution < -0.4 is 52.6 Å². The van der Waals surface area contributed by atoms with Gasteiger partial charge in [0.1, 0.15) is 11.5 Å². The molecule has 4 aromatic rings. The standard InChI is InChI=1S/C28H26N2O4.2BrH/c1-33-25-7-3-23(4-8-25)27(31)19-29-15-11-21(12-16-29)22-13-17-30(18-14-22)20-28(32)24-5-9-26(34-2)10-6-24;;/h3-18H,19-20H2,1-2H3;2*1H/q+2;;/p-2. The van der Waals surface area contributed by atoms with Gasteiger partial charge in [-0.3, -0.25) is 9.59 Å². The number of halogens is 2. The number of benzene rings is 2. The van der Waals surface area contributed by atoms with Gasteiger partial charge in [-0.05, 0) is 59.7 Å². The van der Waals surface area contributed by atoms with Crippen molar-refractivity contribution in [1.82, 2.24) is 0 Å². The van der Waals surface area contributed by atoms with E-state index in [9.17, 15) is 9.59 Å². The lowest BCUT2D eigenvalue weighted by atomic mass is 10.1. The molecule has 0 saturated carbocycles. The number of Topliss-reactive ketones (excluding diaryl/α,β-unsaturated/α-hetero) is 2. The summed E-state index contributed by atoms with van der Waals surface area (Å²) in [4.78, 5) is 25.1. The number of carbonyl (C=O) groups excluding carboxylic acids is 2. The second kappa shape index (κ2) is 13.7. The molecule has 0 saturated heterocycles. The molecule has 186 valence electrons. The number of methoxy groups -OCH3 is 2. The van der Waals surface area contributed by atoms with Crippen molar-refractivity contribution in [3.05, 3.63) is 109 Å². The van der Waals surface area contributed by atoms with Crippen molar-refractivity contribution in [2.45, 2.75) is 13.1 Å². The minimum atomic E-state index is 0. The predicted molar refractivity (Wildman–Crippen MR) is 127 cm³/mol. The van der Waals surface area contributed by atoms with Crippen molar-refractivity contribution >= 4 is 11.6 Å². The van der Waals surface area contributed by atoms with E-state index in [1.807, 2.05) is 58.2 Å². The summed E-state index contributed by atoms with van der Waals surface area (Å²) in [6.45, 7) is 0.518. The van der Waals surface area contributed by atoms with Gasteiger partial charge in [0.05, 0.1) is 14.2 Å². The predicted octanol–water partition coefficient (Wildman–Crippen LogP) is -2.28. The van der Waals surface area contributed by atoms with Crippen molar-refractivity contribution in [3.8, 4) is 22.6 Å². The Bertz CT molecular complexity index is 1170. The Kier molecular flexibility index (Phi) is 11.0. The van der Waals surface area contributed by atoms with E-state index in [4.69, 9.17) is 9.47 Å². The van der Waals surface area contributed by atoms with Crippen LogP contribution in [0.2, 0.25) is 0 Å². The maximum atomic E-state index is 12.5. The number of ketones is 2. The van der Waals surface area contributed by atoms with Crippen LogP contribution in [-0.4, -0.2) is 25.8 Å². The lowest BCUT2D eigenvalue weighted by molar-refractivity contribution is -0.683. The molecule has 0 amide bonds. The summed E-state index contributed by atoms with van der Waals surface area (Å²) in [5, 5.41) is 0. The van der Waals surface area contributed by atoms with Crippen molar-refractivity contribution in [3.63, 3.8) is 0 Å². The van der Waals surface area contributed by atoms with E-state index in [-0.39, 0.29) is 58.6 Å². The Labute approximate surface area is 231 Å². The van der Waals surface area contributed by atoms with Gasteiger partial charge in [0, 0.05) is 35.4 Å². The van der Waals surface area contributed by atoms with Crippen LogP contribution in [0.1, 0.15) is 20.7 Å². The largest absolute Gasteiger partial charge is 1.00 e. The first-order valence-electron chi connectivity index (χ1n) is 10.9. The van der Waals surface area contributed by atoms with Gasteiger partial charge in [-0.1, -0.05) is 0 Å². The summed E-state index contributed by atoms with van der Waals surface area (Å²) in [5.74, 6) is 1.51. The number of ether oxygens (including phenoxy) is 2. The minimum absolute atomic E-state index is 0. The first kappa shape index (κ1) is 28.9. The molecule has 0 spiro atoms. The summed E-state index contributed by atoms with van der Waals surface area (Å²) in [5.41, 5.74) is 3.35. The molecule has 36 heavy (non-hydrogen) atoms. The van der Waals surface area contributed by atoms with Gasteiger partial charge in [-0.25, -0.2) is 0 Å². The Morgan fingerprint density at radius 1 is 0.556 bits per heavy atom. The van der Waals surface area contributed by atoms with Crippen molar-refractivity contribution < 1.29 is 62.2 Å². The number of hydrogen-bond acceptors (Lipinski definition) is 4. The molecular formula is C28H26Br2N2O4. The second-order valence-corrected chi connectivity index (χ2v) is 7.82. The Hall–Kier alpha value is -3.36. The lowest BCUT2D eigenvalue weighted by Crippen LogP contribution is -3.00. The Morgan fingerprint density at radius 3 is 1.14 bits per heavy atom. The first-order valence-corrected chi connectivity index (χ1v) is 10.9. The average Bonchev–Trinajstić information content (AvgIpc) is 2.89. The second-order valence-electron chi connectivity index (χ2n) is 7.82. The molecule has 8 heteroatoms. The maximum Gasteiger partial charge on any atom is 0.227 e. The summed E-state index contributed by atoms with van der Waals surface area (Å²) < 4.78 is 14.0. The SMILES string of the molecule is COc1ccc(C(=O)C[n+]2ccc(-c3cc[n+](CC(=O)c4ccc(OC)cc4)cc3)cc2)cc1.[Br-].[Br-]. The number of rotatable bonds is 9. The summed E-state index contributed by atoms with van der Waals surface area (Å²) >= 11 is 0. The van der Waals surface area contributed by atoms with Gasteiger partial charge in [-0.2, -0.15) is 9.13 Å². The van der Waals surface area contributed by atoms with Gasteiger partial charge in [0.2, 0.25) is 24.7 Å². The summed E-state index contributed by atoms with van der Waals surface area (Å²) in [6.07, 6.45) is 7.58. The van der Waals surface area contributed by atoms with E-state index in [1.54, 1.807) is 62.8 Å². The molecule has 2 aromatic carbocycles.